The smallest absolute Gasteiger partial charge is 0.277 e. The van der Waals surface area contributed by atoms with Crippen LogP contribution in [-0.2, 0) is 11.3 Å². The number of methoxy groups -OCH3 is 1. The molecular weight excluding hydrogens is 326 g/mol. The molecule has 1 fully saturated rings. The van der Waals surface area contributed by atoms with Crippen LogP contribution in [0.1, 0.15) is 46.0 Å². The number of ether oxygens (including phenoxy) is 1. The summed E-state index contributed by atoms with van der Waals surface area (Å²) in [5, 5.41) is 7.31. The minimum Gasteiger partial charge on any atom is -0.380 e. The van der Waals surface area contributed by atoms with E-state index in [-0.39, 0.29) is 18.2 Å². The molecule has 0 bridgehead atoms. The number of amides is 1. The Labute approximate surface area is 135 Å². The fourth-order valence-electron chi connectivity index (χ4n) is 2.71. The van der Waals surface area contributed by atoms with Crippen molar-refractivity contribution in [1.29, 1.82) is 0 Å². The molecule has 8 nitrogen and oxygen atoms in total. The zero-order valence-electron chi connectivity index (χ0n) is 13.4. The predicted octanol–water partition coefficient (Wildman–Crippen LogP) is 2.04. The summed E-state index contributed by atoms with van der Waals surface area (Å²) >= 11 is 0. The number of hydrogen-bond donors (Lipinski definition) is 0. The van der Waals surface area contributed by atoms with E-state index in [0.717, 1.165) is 4.90 Å². The van der Waals surface area contributed by atoms with E-state index in [0.29, 0.717) is 17.1 Å². The molecule has 0 aliphatic carbocycles. The molecule has 1 atom stereocenters. The van der Waals surface area contributed by atoms with Crippen LogP contribution in [0.15, 0.2) is 9.05 Å². The van der Waals surface area contributed by atoms with Gasteiger partial charge in [0.1, 0.15) is 11.8 Å². The van der Waals surface area contributed by atoms with Gasteiger partial charge in [-0.2, -0.15) is 4.98 Å². The maximum atomic E-state index is 13.9. The molecule has 1 amide bonds. The lowest BCUT2D eigenvalue weighted by molar-refractivity contribution is 0.0115. The van der Waals surface area contributed by atoms with Gasteiger partial charge in [0.15, 0.2) is 11.5 Å². The number of likely N-dealkylation sites (tertiary alicyclic amines) is 1. The van der Waals surface area contributed by atoms with Crippen molar-refractivity contribution in [2.24, 2.45) is 0 Å². The molecule has 0 N–H and O–H groups in total. The molecule has 10 heteroatoms. The third kappa shape index (κ3) is 2.88. The number of aryl methyl sites for hydroxylation is 2. The number of aromatic nitrogens is 3. The van der Waals surface area contributed by atoms with Gasteiger partial charge in [-0.15, -0.1) is 0 Å². The zero-order chi connectivity index (χ0) is 17.5. The van der Waals surface area contributed by atoms with Gasteiger partial charge in [0.2, 0.25) is 5.89 Å². The highest BCUT2D eigenvalue weighted by atomic mass is 19.3. The fraction of sp³-hybridized carbons (Fsp3) is 0.571. The summed E-state index contributed by atoms with van der Waals surface area (Å²) in [5.41, 5.74) is 0.381. The predicted molar refractivity (Wildman–Crippen MR) is 74.3 cm³/mol. The number of carbonyl (C=O) groups is 1. The number of rotatable bonds is 4. The van der Waals surface area contributed by atoms with Gasteiger partial charge < -0.3 is 18.7 Å². The van der Waals surface area contributed by atoms with Crippen molar-refractivity contribution in [2.45, 2.75) is 38.8 Å². The third-order valence-electron chi connectivity index (χ3n) is 3.84. The molecule has 3 rings (SSSR count). The Morgan fingerprint density at radius 3 is 2.75 bits per heavy atom. The van der Waals surface area contributed by atoms with Gasteiger partial charge in [-0.05, 0) is 13.8 Å². The Balaban J connectivity index is 1.95. The van der Waals surface area contributed by atoms with Gasteiger partial charge in [-0.1, -0.05) is 10.3 Å². The molecule has 0 saturated carbocycles. The summed E-state index contributed by atoms with van der Waals surface area (Å²) in [5.74, 6) is -3.05. The Morgan fingerprint density at radius 1 is 1.38 bits per heavy atom. The molecular formula is C14H16F2N4O4. The van der Waals surface area contributed by atoms with Crippen molar-refractivity contribution in [3.63, 3.8) is 0 Å². The Kier molecular flexibility index (Phi) is 4.08. The second-order valence-corrected chi connectivity index (χ2v) is 5.69. The van der Waals surface area contributed by atoms with Crippen LogP contribution < -0.4 is 0 Å². The number of alkyl halides is 2. The second-order valence-electron chi connectivity index (χ2n) is 5.69. The standard InChI is InChI=1S/C14H16F2N4O4/c1-7-9(5-22-3)11(19-23-7)13(21)20-6-14(15,16)4-10(20)12-17-8(2)18-24-12/h10H,4-6H2,1-3H3/t10-/m0/s1. The normalized spacial score (nSPS) is 19.9. The summed E-state index contributed by atoms with van der Waals surface area (Å²) in [6, 6.07) is -1.01. The average molecular weight is 342 g/mol. The maximum Gasteiger partial charge on any atom is 0.277 e. The van der Waals surface area contributed by atoms with Crippen molar-refractivity contribution in [3.8, 4) is 0 Å². The highest BCUT2D eigenvalue weighted by Gasteiger charge is 2.50. The number of carbonyl (C=O) groups excluding carboxylic acids is 1. The Morgan fingerprint density at radius 2 is 2.12 bits per heavy atom. The van der Waals surface area contributed by atoms with E-state index in [1.165, 1.54) is 7.11 Å². The molecule has 1 aliphatic heterocycles. The molecule has 24 heavy (non-hydrogen) atoms. The zero-order valence-corrected chi connectivity index (χ0v) is 13.4. The quantitative estimate of drug-likeness (QED) is 0.839. The summed E-state index contributed by atoms with van der Waals surface area (Å²) in [6.45, 7) is 2.53. The molecule has 3 heterocycles. The van der Waals surface area contributed by atoms with Crippen molar-refractivity contribution in [1.82, 2.24) is 20.2 Å². The molecule has 130 valence electrons. The summed E-state index contributed by atoms with van der Waals surface area (Å²) in [7, 11) is 1.45. The van der Waals surface area contributed by atoms with Crippen LogP contribution >= 0.6 is 0 Å². The van der Waals surface area contributed by atoms with E-state index < -0.39 is 30.8 Å². The number of hydrogen-bond acceptors (Lipinski definition) is 7. The van der Waals surface area contributed by atoms with E-state index in [1.54, 1.807) is 13.8 Å². The Hall–Kier alpha value is -2.36. The lowest BCUT2D eigenvalue weighted by Gasteiger charge is -2.20. The SMILES string of the molecule is COCc1c(C(=O)N2CC(F)(F)C[C@H]2c2nc(C)no2)noc1C. The highest BCUT2D eigenvalue weighted by molar-refractivity contribution is 5.94. The summed E-state index contributed by atoms with van der Waals surface area (Å²) in [4.78, 5) is 17.7. The van der Waals surface area contributed by atoms with Gasteiger partial charge >= 0.3 is 0 Å². The van der Waals surface area contributed by atoms with Crippen LogP contribution in [0.2, 0.25) is 0 Å². The minimum atomic E-state index is -3.05. The van der Waals surface area contributed by atoms with Crippen molar-refractivity contribution in [3.05, 3.63) is 28.7 Å². The minimum absolute atomic E-state index is 0.0217. The van der Waals surface area contributed by atoms with Crippen molar-refractivity contribution >= 4 is 5.91 Å². The number of halogens is 2. The molecule has 1 aliphatic rings. The van der Waals surface area contributed by atoms with Crippen LogP contribution in [0.25, 0.3) is 0 Å². The molecule has 0 radical (unpaired) electrons. The van der Waals surface area contributed by atoms with Crippen LogP contribution in [0.3, 0.4) is 0 Å². The van der Waals surface area contributed by atoms with Gasteiger partial charge in [-0.25, -0.2) is 8.78 Å². The van der Waals surface area contributed by atoms with Crippen LogP contribution in [0, 0.1) is 13.8 Å². The lowest BCUT2D eigenvalue weighted by Crippen LogP contribution is -2.34. The maximum absolute atomic E-state index is 13.9. The topological polar surface area (TPSA) is 94.5 Å². The second kappa shape index (κ2) is 5.93. The molecule has 2 aromatic heterocycles. The number of nitrogens with zero attached hydrogens (tertiary/aromatic N) is 4. The van der Waals surface area contributed by atoms with E-state index >= 15 is 0 Å². The first-order valence-corrected chi connectivity index (χ1v) is 7.25. The van der Waals surface area contributed by atoms with Gasteiger partial charge in [0.25, 0.3) is 11.8 Å². The van der Waals surface area contributed by atoms with Crippen molar-refractivity contribution in [2.75, 3.05) is 13.7 Å². The monoisotopic (exact) mass is 342 g/mol. The molecule has 2 aromatic rings. The van der Waals surface area contributed by atoms with E-state index in [2.05, 4.69) is 15.3 Å². The van der Waals surface area contributed by atoms with E-state index in [1.807, 2.05) is 0 Å². The Bertz CT molecular complexity index is 758. The highest BCUT2D eigenvalue weighted by Crippen LogP contribution is 2.41. The summed E-state index contributed by atoms with van der Waals surface area (Å²) < 4.78 is 42.8. The van der Waals surface area contributed by atoms with Crippen LogP contribution in [-0.4, -0.2) is 45.7 Å². The van der Waals surface area contributed by atoms with E-state index in [9.17, 15) is 13.6 Å². The lowest BCUT2D eigenvalue weighted by atomic mass is 10.1. The fourth-order valence-corrected chi connectivity index (χ4v) is 2.71. The molecule has 0 spiro atoms. The summed E-state index contributed by atoms with van der Waals surface area (Å²) in [6.07, 6.45) is -0.586. The molecule has 0 aromatic carbocycles. The van der Waals surface area contributed by atoms with Gasteiger partial charge in [-0.3, -0.25) is 4.79 Å². The van der Waals surface area contributed by atoms with Gasteiger partial charge in [0, 0.05) is 13.5 Å². The first-order valence-electron chi connectivity index (χ1n) is 7.25. The molecule has 0 unspecified atom stereocenters. The first kappa shape index (κ1) is 16.5. The van der Waals surface area contributed by atoms with Crippen LogP contribution in [0.5, 0.6) is 0 Å². The average Bonchev–Trinajstić information content (AvgIpc) is 3.18. The first-order chi connectivity index (χ1) is 11.3. The largest absolute Gasteiger partial charge is 0.380 e. The van der Waals surface area contributed by atoms with Gasteiger partial charge in [0.05, 0.1) is 18.7 Å². The van der Waals surface area contributed by atoms with E-state index in [4.69, 9.17) is 13.8 Å². The third-order valence-corrected chi connectivity index (χ3v) is 3.84. The molecule has 1 saturated heterocycles. The van der Waals surface area contributed by atoms with Crippen LogP contribution in [0.4, 0.5) is 8.78 Å². The van der Waals surface area contributed by atoms with Crippen molar-refractivity contribution < 1.29 is 27.4 Å².